The molecule has 0 amide bonds. The molecule has 1 fully saturated rings. The summed E-state index contributed by atoms with van der Waals surface area (Å²) in [5.41, 5.74) is 1.33. The topological polar surface area (TPSA) is 37.4 Å². The second-order valence-corrected chi connectivity index (χ2v) is 5.46. The predicted octanol–water partition coefficient (Wildman–Crippen LogP) is 0.621. The van der Waals surface area contributed by atoms with E-state index in [1.54, 1.807) is 0 Å². The zero-order chi connectivity index (χ0) is 10.8. The molecule has 0 bridgehead atoms. The van der Waals surface area contributed by atoms with Gasteiger partial charge in [-0.05, 0) is 0 Å². The van der Waals surface area contributed by atoms with Crippen LogP contribution in [0.1, 0.15) is 15.6 Å². The number of morpholine rings is 1. The van der Waals surface area contributed by atoms with Crippen molar-refractivity contribution in [1.82, 2.24) is 15.2 Å². The molecule has 1 N–H and O–H groups in total. The smallest absolute Gasteiger partial charge is 0.107 e. The van der Waals surface area contributed by atoms with E-state index in [9.17, 15) is 0 Å². The van der Waals surface area contributed by atoms with Gasteiger partial charge in [0.05, 0.1) is 25.5 Å². The largest absolute Gasteiger partial charge is 0.379 e. The molecular weight excluding hydrogens is 222 g/mol. The van der Waals surface area contributed by atoms with Crippen molar-refractivity contribution in [2.45, 2.75) is 19.5 Å². The lowest BCUT2D eigenvalue weighted by atomic mass is 10.2. The van der Waals surface area contributed by atoms with Crippen LogP contribution in [-0.2, 0) is 24.2 Å². The van der Waals surface area contributed by atoms with Crippen LogP contribution in [-0.4, -0.2) is 42.7 Å². The monoisotopic (exact) mass is 239 g/mol. The van der Waals surface area contributed by atoms with E-state index in [-0.39, 0.29) is 0 Å². The van der Waals surface area contributed by atoms with Crippen molar-refractivity contribution in [3.05, 3.63) is 15.6 Å². The third-order valence-electron chi connectivity index (χ3n) is 3.11. The Balaban J connectivity index is 1.67. The maximum Gasteiger partial charge on any atom is 0.107 e. The van der Waals surface area contributed by atoms with E-state index in [1.165, 1.54) is 15.6 Å². The highest BCUT2D eigenvalue weighted by Crippen LogP contribution is 2.22. The SMILES string of the molecule is C1Cc2nc(CN3CCOCC3)sc2CN1. The summed E-state index contributed by atoms with van der Waals surface area (Å²) in [5, 5.41) is 4.67. The highest BCUT2D eigenvalue weighted by molar-refractivity contribution is 7.11. The van der Waals surface area contributed by atoms with Crippen molar-refractivity contribution in [3.63, 3.8) is 0 Å². The molecule has 16 heavy (non-hydrogen) atoms. The Morgan fingerprint density at radius 1 is 1.38 bits per heavy atom. The van der Waals surface area contributed by atoms with Gasteiger partial charge in [-0.1, -0.05) is 0 Å². The Kier molecular flexibility index (Phi) is 3.19. The van der Waals surface area contributed by atoms with Crippen LogP contribution in [0.5, 0.6) is 0 Å². The number of aromatic nitrogens is 1. The van der Waals surface area contributed by atoms with E-state index in [4.69, 9.17) is 9.72 Å². The van der Waals surface area contributed by atoms with E-state index in [0.717, 1.165) is 52.4 Å². The zero-order valence-electron chi connectivity index (χ0n) is 9.37. The zero-order valence-corrected chi connectivity index (χ0v) is 10.2. The van der Waals surface area contributed by atoms with Gasteiger partial charge >= 0.3 is 0 Å². The summed E-state index contributed by atoms with van der Waals surface area (Å²) < 4.78 is 5.35. The summed E-state index contributed by atoms with van der Waals surface area (Å²) in [7, 11) is 0. The van der Waals surface area contributed by atoms with E-state index < -0.39 is 0 Å². The van der Waals surface area contributed by atoms with Gasteiger partial charge in [-0.25, -0.2) is 4.98 Å². The minimum atomic E-state index is 0.868. The van der Waals surface area contributed by atoms with Crippen molar-refractivity contribution in [1.29, 1.82) is 0 Å². The van der Waals surface area contributed by atoms with Crippen molar-refractivity contribution in [2.24, 2.45) is 0 Å². The predicted molar refractivity (Wildman–Crippen MR) is 63.6 cm³/mol. The second kappa shape index (κ2) is 4.79. The molecule has 0 aliphatic carbocycles. The quantitative estimate of drug-likeness (QED) is 0.821. The third-order valence-corrected chi connectivity index (χ3v) is 4.19. The fraction of sp³-hybridized carbons (Fsp3) is 0.727. The first-order chi connectivity index (χ1) is 7.92. The van der Waals surface area contributed by atoms with Crippen LogP contribution in [0, 0.1) is 0 Å². The van der Waals surface area contributed by atoms with Crippen molar-refractivity contribution in [3.8, 4) is 0 Å². The molecule has 0 radical (unpaired) electrons. The van der Waals surface area contributed by atoms with Gasteiger partial charge in [-0.3, -0.25) is 4.90 Å². The number of hydrogen-bond donors (Lipinski definition) is 1. The van der Waals surface area contributed by atoms with Crippen LogP contribution >= 0.6 is 11.3 Å². The molecule has 2 aliphatic rings. The average molecular weight is 239 g/mol. The van der Waals surface area contributed by atoms with Crippen LogP contribution in [0.3, 0.4) is 0 Å². The minimum Gasteiger partial charge on any atom is -0.379 e. The molecular formula is C11H17N3OS. The Bertz CT molecular complexity index is 337. The van der Waals surface area contributed by atoms with Gasteiger partial charge in [-0.15, -0.1) is 11.3 Å². The summed E-state index contributed by atoms with van der Waals surface area (Å²) >= 11 is 1.87. The Morgan fingerprint density at radius 3 is 3.06 bits per heavy atom. The normalized spacial score (nSPS) is 22.0. The lowest BCUT2D eigenvalue weighted by Crippen LogP contribution is -2.35. The maximum atomic E-state index is 5.35. The number of ether oxygens (including phenoxy) is 1. The van der Waals surface area contributed by atoms with Gasteiger partial charge in [0.1, 0.15) is 5.01 Å². The average Bonchev–Trinajstić information content (AvgIpc) is 2.72. The maximum absolute atomic E-state index is 5.35. The number of fused-ring (bicyclic) bond motifs is 1. The summed E-state index contributed by atoms with van der Waals surface area (Å²) in [6, 6.07) is 0. The molecule has 0 spiro atoms. The number of hydrogen-bond acceptors (Lipinski definition) is 5. The molecule has 1 aromatic rings. The standard InChI is InChI=1S/C11H17N3OS/c1-2-12-7-10-9(1)13-11(16-10)8-14-3-5-15-6-4-14/h12H,1-8H2. The molecule has 1 saturated heterocycles. The number of rotatable bonds is 2. The van der Waals surface area contributed by atoms with Gasteiger partial charge < -0.3 is 10.1 Å². The van der Waals surface area contributed by atoms with E-state index in [0.29, 0.717) is 0 Å². The highest BCUT2D eigenvalue weighted by Gasteiger charge is 2.17. The molecule has 0 aromatic carbocycles. The lowest BCUT2D eigenvalue weighted by molar-refractivity contribution is 0.0341. The summed E-state index contributed by atoms with van der Waals surface area (Å²) in [6.07, 6.45) is 1.09. The first-order valence-electron chi connectivity index (χ1n) is 5.90. The molecule has 88 valence electrons. The van der Waals surface area contributed by atoms with Crippen molar-refractivity contribution in [2.75, 3.05) is 32.8 Å². The van der Waals surface area contributed by atoms with Gasteiger partial charge in [0.2, 0.25) is 0 Å². The molecule has 3 heterocycles. The van der Waals surface area contributed by atoms with Crippen LogP contribution in [0.15, 0.2) is 0 Å². The number of thiazole rings is 1. The molecule has 5 heteroatoms. The van der Waals surface area contributed by atoms with Crippen molar-refractivity contribution < 1.29 is 4.74 Å². The number of nitrogens with one attached hydrogen (secondary N) is 1. The molecule has 4 nitrogen and oxygen atoms in total. The molecule has 2 aliphatic heterocycles. The molecule has 3 rings (SSSR count). The van der Waals surface area contributed by atoms with E-state index in [2.05, 4.69) is 10.2 Å². The van der Waals surface area contributed by atoms with E-state index in [1.807, 2.05) is 11.3 Å². The summed E-state index contributed by atoms with van der Waals surface area (Å²) in [4.78, 5) is 8.61. The van der Waals surface area contributed by atoms with Crippen LogP contribution < -0.4 is 5.32 Å². The molecule has 0 unspecified atom stereocenters. The minimum absolute atomic E-state index is 0.868. The first kappa shape index (κ1) is 10.7. The van der Waals surface area contributed by atoms with Crippen LogP contribution in [0.4, 0.5) is 0 Å². The highest BCUT2D eigenvalue weighted by atomic mass is 32.1. The fourth-order valence-corrected chi connectivity index (χ4v) is 3.32. The van der Waals surface area contributed by atoms with E-state index >= 15 is 0 Å². The first-order valence-corrected chi connectivity index (χ1v) is 6.72. The fourth-order valence-electron chi connectivity index (χ4n) is 2.20. The summed E-state index contributed by atoms with van der Waals surface area (Å²) in [6.45, 7) is 6.91. The van der Waals surface area contributed by atoms with Crippen LogP contribution in [0.25, 0.3) is 0 Å². The van der Waals surface area contributed by atoms with Gasteiger partial charge in [-0.2, -0.15) is 0 Å². The van der Waals surface area contributed by atoms with Crippen LogP contribution in [0.2, 0.25) is 0 Å². The Hall–Kier alpha value is -0.490. The Morgan fingerprint density at radius 2 is 2.25 bits per heavy atom. The lowest BCUT2D eigenvalue weighted by Gasteiger charge is -2.25. The Labute approximate surface area is 99.6 Å². The third kappa shape index (κ3) is 2.27. The number of nitrogens with zero attached hydrogens (tertiary/aromatic N) is 2. The van der Waals surface area contributed by atoms with Crippen molar-refractivity contribution >= 4 is 11.3 Å². The molecule has 0 atom stereocenters. The van der Waals surface area contributed by atoms with Gasteiger partial charge in [0.25, 0.3) is 0 Å². The van der Waals surface area contributed by atoms with Gasteiger partial charge in [0, 0.05) is 37.5 Å². The molecule has 0 saturated carbocycles. The van der Waals surface area contributed by atoms with Gasteiger partial charge in [0.15, 0.2) is 0 Å². The second-order valence-electron chi connectivity index (χ2n) is 4.29. The summed E-state index contributed by atoms with van der Waals surface area (Å²) in [5.74, 6) is 0. The molecule has 1 aromatic heterocycles.